The van der Waals surface area contributed by atoms with Gasteiger partial charge in [0.25, 0.3) is 0 Å². The van der Waals surface area contributed by atoms with Gasteiger partial charge in [0.2, 0.25) is 0 Å². The molecule has 25 nitrogen and oxygen atoms in total. The van der Waals surface area contributed by atoms with Crippen LogP contribution in [0.15, 0.2) is 0 Å². The van der Waals surface area contributed by atoms with E-state index in [1.54, 1.807) is 0 Å². The minimum absolute atomic E-state index is 1.84. The zero-order chi connectivity index (χ0) is 36.8. The summed E-state index contributed by atoms with van der Waals surface area (Å²) in [6.07, 6.45) is -45.8. The summed E-state index contributed by atoms with van der Waals surface area (Å²) in [5, 5.41) is 141. The summed E-state index contributed by atoms with van der Waals surface area (Å²) in [6.45, 7) is 0. The molecule has 0 aromatic carbocycles. The van der Waals surface area contributed by atoms with Gasteiger partial charge in [0, 0.05) is 0 Å². The van der Waals surface area contributed by atoms with Crippen LogP contribution in [0.1, 0.15) is 0 Å². The monoisotopic (exact) mass is 722 g/mol. The second-order valence-electron chi connectivity index (χ2n) is 11.3. The lowest BCUT2D eigenvalue weighted by atomic mass is 9.95. The molecule has 0 spiro atoms. The number of rotatable bonds is 10. The summed E-state index contributed by atoms with van der Waals surface area (Å²) >= 11 is 0. The molecule has 4 rings (SSSR count). The van der Waals surface area contributed by atoms with Crippen LogP contribution in [0.5, 0.6) is 0 Å². The maximum atomic E-state index is 12.1. The maximum absolute atomic E-state index is 12.1. The van der Waals surface area contributed by atoms with Crippen molar-refractivity contribution >= 4 is 23.9 Å². The Morgan fingerprint density at radius 3 is 0.980 bits per heavy atom. The minimum Gasteiger partial charge on any atom is -0.479 e. The fraction of sp³-hybridized carbons (Fsp3) is 0.833. The number of aliphatic hydroxyl groups excluding tert-OH is 10. The van der Waals surface area contributed by atoms with Crippen molar-refractivity contribution in [2.24, 2.45) is 0 Å². The van der Waals surface area contributed by atoms with Gasteiger partial charge >= 0.3 is 23.9 Å². The van der Waals surface area contributed by atoms with Gasteiger partial charge in [-0.1, -0.05) is 0 Å². The molecule has 14 N–H and O–H groups in total. The van der Waals surface area contributed by atoms with Gasteiger partial charge in [-0.15, -0.1) is 0 Å². The SMILES string of the molecule is O=C(O)C1OC(OC2C(C(=O)O)OC(OC3C(C(=O)O)OC(OC4C(C(=O)O)OC(O)C(O)C4O)C(O)C3O)C(O)C2O)C(O)C(O)C1O. The highest BCUT2D eigenvalue weighted by atomic mass is 16.8. The minimum atomic E-state index is -2.43. The van der Waals surface area contributed by atoms with Gasteiger partial charge in [-0.25, -0.2) is 19.2 Å². The molecule has 0 amide bonds. The van der Waals surface area contributed by atoms with Gasteiger partial charge in [-0.2, -0.15) is 0 Å². The van der Waals surface area contributed by atoms with E-state index in [9.17, 15) is 90.7 Å². The van der Waals surface area contributed by atoms with Crippen molar-refractivity contribution in [3.8, 4) is 0 Å². The molecule has 280 valence electrons. The number of aliphatic hydroxyl groups is 10. The van der Waals surface area contributed by atoms with Crippen molar-refractivity contribution in [1.82, 2.24) is 0 Å². The molecule has 0 saturated carbocycles. The standard InChI is InChI=1S/C24H34O25/c25-1-2(26)13(17(34)35)47-22(7(1)31)45-11-4(28)9(33)24(49-15(11)19(38)39)46-12-5(29)8(32)23(48-16(12)20(40)41)44-10-3(27)6(30)21(42)43-14(10)18(36)37/h1-16,21-33,42H,(H,34,35)(H,36,37)(H,38,39)(H,40,41). The molecule has 4 aliphatic heterocycles. The van der Waals surface area contributed by atoms with Gasteiger partial charge in [0.1, 0.15) is 73.2 Å². The predicted molar refractivity (Wildman–Crippen MR) is 136 cm³/mol. The molecular weight excluding hydrogens is 688 g/mol. The van der Waals surface area contributed by atoms with Crippen LogP contribution < -0.4 is 0 Å². The first-order valence-electron chi connectivity index (χ1n) is 14.1. The van der Waals surface area contributed by atoms with Crippen LogP contribution >= 0.6 is 0 Å². The van der Waals surface area contributed by atoms with Gasteiger partial charge in [-0.05, 0) is 0 Å². The fourth-order valence-corrected chi connectivity index (χ4v) is 5.43. The number of ether oxygens (including phenoxy) is 7. The van der Waals surface area contributed by atoms with Gasteiger partial charge < -0.3 is 105 Å². The van der Waals surface area contributed by atoms with Crippen molar-refractivity contribution in [2.45, 2.75) is 123 Å². The van der Waals surface area contributed by atoms with E-state index in [0.717, 1.165) is 0 Å². The third kappa shape index (κ3) is 7.62. The van der Waals surface area contributed by atoms with E-state index in [4.69, 9.17) is 28.4 Å². The highest BCUT2D eigenvalue weighted by molar-refractivity contribution is 5.75. The molecule has 20 unspecified atom stereocenters. The third-order valence-corrected chi connectivity index (χ3v) is 8.07. The van der Waals surface area contributed by atoms with Gasteiger partial charge in [-0.3, -0.25) is 0 Å². The lowest BCUT2D eigenvalue weighted by Crippen LogP contribution is -2.68. The Bertz CT molecular complexity index is 1220. The second kappa shape index (κ2) is 15.2. The molecule has 4 saturated heterocycles. The van der Waals surface area contributed by atoms with Crippen molar-refractivity contribution in [3.63, 3.8) is 0 Å². The van der Waals surface area contributed by atoms with Gasteiger partial charge in [0.15, 0.2) is 49.6 Å². The van der Waals surface area contributed by atoms with Crippen LogP contribution in [-0.2, 0) is 52.3 Å². The molecule has 4 fully saturated rings. The van der Waals surface area contributed by atoms with Crippen molar-refractivity contribution in [3.05, 3.63) is 0 Å². The Morgan fingerprint density at radius 1 is 0.347 bits per heavy atom. The summed E-state index contributed by atoms with van der Waals surface area (Å²) < 4.78 is 35.3. The molecular formula is C24H34O25. The van der Waals surface area contributed by atoms with E-state index in [1.807, 2.05) is 0 Å². The first-order chi connectivity index (χ1) is 22.8. The Kier molecular flexibility index (Phi) is 12.1. The average molecular weight is 723 g/mol. The smallest absolute Gasteiger partial charge is 0.335 e. The molecule has 25 heteroatoms. The first kappa shape index (κ1) is 39.0. The maximum Gasteiger partial charge on any atom is 0.335 e. The largest absolute Gasteiger partial charge is 0.479 e. The van der Waals surface area contributed by atoms with Crippen molar-refractivity contribution in [2.75, 3.05) is 0 Å². The van der Waals surface area contributed by atoms with Crippen molar-refractivity contribution in [1.29, 1.82) is 0 Å². The molecule has 20 atom stereocenters. The Morgan fingerprint density at radius 2 is 0.633 bits per heavy atom. The number of hydrogen-bond acceptors (Lipinski definition) is 21. The lowest BCUT2D eigenvalue weighted by Gasteiger charge is -2.47. The Hall–Kier alpha value is -2.80. The Labute approximate surface area is 271 Å². The molecule has 0 aliphatic carbocycles. The number of carboxylic acids is 4. The van der Waals surface area contributed by atoms with Crippen LogP contribution in [0.25, 0.3) is 0 Å². The summed E-state index contributed by atoms with van der Waals surface area (Å²) in [4.78, 5) is 47.1. The fourth-order valence-electron chi connectivity index (χ4n) is 5.43. The van der Waals surface area contributed by atoms with E-state index in [0.29, 0.717) is 0 Å². The topological polar surface area (TPSA) is 416 Å². The van der Waals surface area contributed by atoms with Gasteiger partial charge in [0.05, 0.1) is 0 Å². The first-order valence-corrected chi connectivity index (χ1v) is 14.1. The number of carboxylic acid groups (broad SMARTS) is 4. The molecule has 4 aliphatic rings. The average Bonchev–Trinajstić information content (AvgIpc) is 3.03. The summed E-state index contributed by atoms with van der Waals surface area (Å²) in [5.41, 5.74) is 0. The molecule has 0 aromatic rings. The molecule has 0 radical (unpaired) electrons. The molecule has 0 aromatic heterocycles. The summed E-state index contributed by atoms with van der Waals surface area (Å²) in [5.74, 6) is -7.64. The Balaban J connectivity index is 1.51. The molecule has 49 heavy (non-hydrogen) atoms. The highest BCUT2D eigenvalue weighted by Gasteiger charge is 2.58. The van der Waals surface area contributed by atoms with E-state index in [-0.39, 0.29) is 0 Å². The van der Waals surface area contributed by atoms with Crippen molar-refractivity contribution < 1.29 is 124 Å². The van der Waals surface area contributed by atoms with E-state index >= 15 is 0 Å². The lowest BCUT2D eigenvalue weighted by molar-refractivity contribution is -0.378. The highest BCUT2D eigenvalue weighted by Crippen LogP contribution is 2.34. The van der Waals surface area contributed by atoms with E-state index in [1.165, 1.54) is 0 Å². The number of aliphatic carboxylic acids is 4. The zero-order valence-corrected chi connectivity index (χ0v) is 24.3. The van der Waals surface area contributed by atoms with Crippen LogP contribution in [0.2, 0.25) is 0 Å². The van der Waals surface area contributed by atoms with E-state index < -0.39 is 147 Å². The molecule has 0 bridgehead atoms. The van der Waals surface area contributed by atoms with Crippen LogP contribution in [0.4, 0.5) is 0 Å². The van der Waals surface area contributed by atoms with Crippen LogP contribution in [-0.4, -0.2) is 218 Å². The number of carbonyl (C=O) groups is 4. The quantitative estimate of drug-likeness (QED) is 0.0995. The normalized spacial score (nSPS) is 49.2. The summed E-state index contributed by atoms with van der Waals surface area (Å²) in [6, 6.07) is 0. The third-order valence-electron chi connectivity index (χ3n) is 8.07. The van der Waals surface area contributed by atoms with E-state index in [2.05, 4.69) is 4.74 Å². The zero-order valence-electron chi connectivity index (χ0n) is 24.3. The van der Waals surface area contributed by atoms with Crippen LogP contribution in [0.3, 0.4) is 0 Å². The summed E-state index contributed by atoms with van der Waals surface area (Å²) in [7, 11) is 0. The predicted octanol–water partition coefficient (Wildman–Crippen LogP) is -9.38. The molecule has 4 heterocycles. The second-order valence-corrected chi connectivity index (χ2v) is 11.3. The number of hydrogen-bond donors (Lipinski definition) is 14. The van der Waals surface area contributed by atoms with Crippen LogP contribution in [0, 0.1) is 0 Å².